The highest BCUT2D eigenvalue weighted by Gasteiger charge is 2.16. The Kier molecular flexibility index (Phi) is 3.95. The van der Waals surface area contributed by atoms with E-state index in [2.05, 4.69) is 18.8 Å². The average Bonchev–Trinajstić information content (AvgIpc) is 2.81. The molecule has 1 aromatic carbocycles. The normalized spacial score (nSPS) is 12.9. The lowest BCUT2D eigenvalue weighted by Crippen LogP contribution is -2.13. The first-order valence-corrected chi connectivity index (χ1v) is 6.14. The Balaban J connectivity index is 2.22. The summed E-state index contributed by atoms with van der Waals surface area (Å²) in [6, 6.07) is 3.28. The van der Waals surface area contributed by atoms with Gasteiger partial charge in [0.1, 0.15) is 0 Å². The molecule has 1 heterocycles. The van der Waals surface area contributed by atoms with E-state index in [9.17, 15) is 8.78 Å². The maximum Gasteiger partial charge on any atom is 0.211 e. The van der Waals surface area contributed by atoms with Gasteiger partial charge in [-0.2, -0.15) is 0 Å². The van der Waals surface area contributed by atoms with Gasteiger partial charge in [-0.25, -0.2) is 13.8 Å². The van der Waals surface area contributed by atoms with Gasteiger partial charge in [0.25, 0.3) is 0 Å². The topological polar surface area (TPSA) is 52.0 Å². The van der Waals surface area contributed by atoms with Crippen LogP contribution in [0.4, 0.5) is 8.78 Å². The Bertz CT molecular complexity index is 566. The lowest BCUT2D eigenvalue weighted by Gasteiger charge is -2.09. The molecule has 2 N–H and O–H groups in total. The third-order valence-electron chi connectivity index (χ3n) is 2.77. The summed E-state index contributed by atoms with van der Waals surface area (Å²) < 4.78 is 31.5. The number of aromatic nitrogens is 1. The second-order valence-electron chi connectivity index (χ2n) is 4.93. The molecule has 5 heteroatoms. The number of halogens is 2. The van der Waals surface area contributed by atoms with Gasteiger partial charge in [0.05, 0.1) is 12.2 Å². The first kappa shape index (κ1) is 13.7. The molecule has 0 aliphatic heterocycles. The van der Waals surface area contributed by atoms with Gasteiger partial charge in [-0.1, -0.05) is 13.8 Å². The maximum absolute atomic E-state index is 13.1. The highest BCUT2D eigenvalue weighted by Crippen LogP contribution is 2.26. The van der Waals surface area contributed by atoms with E-state index in [0.29, 0.717) is 23.1 Å². The molecule has 0 radical (unpaired) electrons. The predicted molar refractivity (Wildman–Crippen MR) is 68.2 cm³/mol. The molecule has 0 saturated carbocycles. The summed E-state index contributed by atoms with van der Waals surface area (Å²) in [5, 5.41) is 0. The van der Waals surface area contributed by atoms with E-state index in [-0.39, 0.29) is 6.04 Å². The number of hydrogen-bond acceptors (Lipinski definition) is 3. The summed E-state index contributed by atoms with van der Waals surface area (Å²) >= 11 is 0. The molecule has 0 fully saturated rings. The molecular weight excluding hydrogens is 250 g/mol. The smallest absolute Gasteiger partial charge is 0.211 e. The van der Waals surface area contributed by atoms with Gasteiger partial charge in [0.2, 0.25) is 5.89 Å². The van der Waals surface area contributed by atoms with Crippen LogP contribution in [0, 0.1) is 17.6 Å². The zero-order valence-corrected chi connectivity index (χ0v) is 10.9. The molecule has 0 amide bonds. The minimum atomic E-state index is -0.915. The van der Waals surface area contributed by atoms with Crippen molar-refractivity contribution in [2.75, 3.05) is 0 Å². The van der Waals surface area contributed by atoms with Crippen molar-refractivity contribution in [1.82, 2.24) is 4.98 Å². The molecule has 1 aromatic heterocycles. The van der Waals surface area contributed by atoms with Crippen LogP contribution >= 0.6 is 0 Å². The summed E-state index contributed by atoms with van der Waals surface area (Å²) in [6.07, 6.45) is 2.22. The van der Waals surface area contributed by atoms with Gasteiger partial charge in [0.15, 0.2) is 17.4 Å². The van der Waals surface area contributed by atoms with Crippen LogP contribution in [0.1, 0.15) is 32.2 Å². The third kappa shape index (κ3) is 3.17. The van der Waals surface area contributed by atoms with Gasteiger partial charge < -0.3 is 10.2 Å². The highest BCUT2D eigenvalue weighted by molar-refractivity contribution is 5.56. The maximum atomic E-state index is 13.1. The Morgan fingerprint density at radius 1 is 1.26 bits per heavy atom. The minimum Gasteiger partial charge on any atom is -0.439 e. The van der Waals surface area contributed by atoms with Gasteiger partial charge in [0, 0.05) is 5.56 Å². The lowest BCUT2D eigenvalue weighted by atomic mass is 10.0. The van der Waals surface area contributed by atoms with Gasteiger partial charge in [-0.05, 0) is 30.5 Å². The summed E-state index contributed by atoms with van der Waals surface area (Å²) in [4.78, 5) is 4.09. The summed E-state index contributed by atoms with van der Waals surface area (Å²) in [7, 11) is 0. The number of oxazole rings is 1. The second-order valence-corrected chi connectivity index (χ2v) is 4.93. The van der Waals surface area contributed by atoms with E-state index in [1.807, 2.05) is 0 Å². The third-order valence-corrected chi connectivity index (χ3v) is 2.77. The van der Waals surface area contributed by atoms with Crippen molar-refractivity contribution < 1.29 is 13.2 Å². The molecule has 1 unspecified atom stereocenters. The summed E-state index contributed by atoms with van der Waals surface area (Å²) in [5.41, 5.74) is 6.39. The van der Waals surface area contributed by atoms with E-state index in [1.165, 1.54) is 12.3 Å². The Morgan fingerprint density at radius 2 is 2.00 bits per heavy atom. The standard InChI is InChI=1S/C14H16F2N2O/c1-8(2)5-12(17)14-18-7-13(19-14)9-3-4-10(15)11(16)6-9/h3-4,6-8,12H,5,17H2,1-2H3. The molecular formula is C14H16F2N2O. The fourth-order valence-corrected chi connectivity index (χ4v) is 1.85. The Labute approximate surface area is 110 Å². The van der Waals surface area contributed by atoms with Crippen molar-refractivity contribution >= 4 is 0 Å². The SMILES string of the molecule is CC(C)CC(N)c1ncc(-c2ccc(F)c(F)c2)o1. The van der Waals surface area contributed by atoms with Crippen LogP contribution in [0.3, 0.4) is 0 Å². The van der Waals surface area contributed by atoms with E-state index in [4.69, 9.17) is 10.2 Å². The Hall–Kier alpha value is -1.75. The van der Waals surface area contributed by atoms with Crippen molar-refractivity contribution in [2.24, 2.45) is 11.7 Å². The molecule has 0 saturated heterocycles. The number of nitrogens with two attached hydrogens (primary N) is 1. The van der Waals surface area contributed by atoms with E-state index < -0.39 is 11.6 Å². The van der Waals surface area contributed by atoms with Crippen LogP contribution in [0.5, 0.6) is 0 Å². The van der Waals surface area contributed by atoms with Gasteiger partial charge in [-0.3, -0.25) is 0 Å². The van der Waals surface area contributed by atoms with Crippen molar-refractivity contribution in [1.29, 1.82) is 0 Å². The first-order chi connectivity index (χ1) is 8.97. The number of nitrogens with zero attached hydrogens (tertiary/aromatic N) is 1. The van der Waals surface area contributed by atoms with E-state index in [0.717, 1.165) is 18.6 Å². The molecule has 19 heavy (non-hydrogen) atoms. The largest absolute Gasteiger partial charge is 0.439 e. The van der Waals surface area contributed by atoms with Crippen LogP contribution in [0.25, 0.3) is 11.3 Å². The second kappa shape index (κ2) is 5.48. The highest BCUT2D eigenvalue weighted by atomic mass is 19.2. The first-order valence-electron chi connectivity index (χ1n) is 6.14. The zero-order chi connectivity index (χ0) is 14.0. The molecule has 0 spiro atoms. The molecule has 0 bridgehead atoms. The lowest BCUT2D eigenvalue weighted by molar-refractivity contribution is 0.408. The van der Waals surface area contributed by atoms with Crippen LogP contribution in [0.2, 0.25) is 0 Å². The van der Waals surface area contributed by atoms with Gasteiger partial charge >= 0.3 is 0 Å². The fraction of sp³-hybridized carbons (Fsp3) is 0.357. The van der Waals surface area contributed by atoms with Crippen LogP contribution in [-0.4, -0.2) is 4.98 Å². The predicted octanol–water partition coefficient (Wildman–Crippen LogP) is 3.67. The number of hydrogen-bond donors (Lipinski definition) is 1. The fourth-order valence-electron chi connectivity index (χ4n) is 1.85. The van der Waals surface area contributed by atoms with Crippen LogP contribution in [0.15, 0.2) is 28.8 Å². The van der Waals surface area contributed by atoms with Crippen molar-refractivity contribution in [2.45, 2.75) is 26.3 Å². The molecule has 0 aliphatic rings. The minimum absolute atomic E-state index is 0.293. The quantitative estimate of drug-likeness (QED) is 0.918. The van der Waals surface area contributed by atoms with Crippen molar-refractivity contribution in [3.05, 3.63) is 41.9 Å². The van der Waals surface area contributed by atoms with Crippen LogP contribution < -0.4 is 5.73 Å². The summed E-state index contributed by atoms with van der Waals surface area (Å²) in [6.45, 7) is 4.11. The zero-order valence-electron chi connectivity index (χ0n) is 10.9. The monoisotopic (exact) mass is 266 g/mol. The molecule has 102 valence electrons. The molecule has 0 aliphatic carbocycles. The average molecular weight is 266 g/mol. The van der Waals surface area contributed by atoms with Crippen molar-refractivity contribution in [3.8, 4) is 11.3 Å². The van der Waals surface area contributed by atoms with E-state index >= 15 is 0 Å². The molecule has 2 rings (SSSR count). The summed E-state index contributed by atoms with van der Waals surface area (Å²) in [5.74, 6) is -0.586. The van der Waals surface area contributed by atoms with Crippen molar-refractivity contribution in [3.63, 3.8) is 0 Å². The van der Waals surface area contributed by atoms with Gasteiger partial charge in [-0.15, -0.1) is 0 Å². The molecule has 1 atom stereocenters. The number of rotatable bonds is 4. The number of benzene rings is 1. The molecule has 2 aromatic rings. The van der Waals surface area contributed by atoms with E-state index in [1.54, 1.807) is 0 Å². The van der Waals surface area contributed by atoms with Crippen LogP contribution in [-0.2, 0) is 0 Å². The Morgan fingerprint density at radius 3 is 2.63 bits per heavy atom. The molecule has 3 nitrogen and oxygen atoms in total.